The normalized spacial score (nSPS) is 11.9. The molecule has 0 aliphatic carbocycles. The van der Waals surface area contributed by atoms with Crippen LogP contribution in [0.2, 0.25) is 5.02 Å². The van der Waals surface area contributed by atoms with E-state index in [1.807, 2.05) is 37.3 Å². The maximum atomic E-state index is 11.1. The van der Waals surface area contributed by atoms with Crippen molar-refractivity contribution in [2.24, 2.45) is 0 Å². The number of para-hydroxylation sites is 1. The molecule has 2 rings (SSSR count). The van der Waals surface area contributed by atoms with Crippen molar-refractivity contribution in [1.29, 1.82) is 0 Å². The minimum absolute atomic E-state index is 0.00752. The number of benzene rings is 2. The lowest BCUT2D eigenvalue weighted by Crippen LogP contribution is -2.11. The zero-order chi connectivity index (χ0) is 14.5. The molecule has 0 aromatic heterocycles. The van der Waals surface area contributed by atoms with Crippen LogP contribution in [0.15, 0.2) is 48.5 Å². The van der Waals surface area contributed by atoms with E-state index in [-0.39, 0.29) is 11.7 Å². The first-order valence-corrected chi connectivity index (χ1v) is 6.75. The summed E-state index contributed by atoms with van der Waals surface area (Å²) in [6.45, 7) is 2.02. The highest BCUT2D eigenvalue weighted by molar-refractivity contribution is 6.33. The standard InChI is InChI=1S/C15H15ClN2O2/c1-2-13(11-7-4-3-5-8-11)17-15-12(16)9-6-10-14(15)18(19)20/h3-10,13,17H,2H2,1H3. The van der Waals surface area contributed by atoms with Gasteiger partial charge in [0.25, 0.3) is 5.69 Å². The van der Waals surface area contributed by atoms with Crippen LogP contribution in [-0.4, -0.2) is 4.92 Å². The third kappa shape index (κ3) is 3.08. The molecule has 1 atom stereocenters. The van der Waals surface area contributed by atoms with Crippen molar-refractivity contribution >= 4 is 23.0 Å². The number of nitrogens with zero attached hydrogens (tertiary/aromatic N) is 1. The third-order valence-electron chi connectivity index (χ3n) is 3.12. The molecule has 4 nitrogen and oxygen atoms in total. The molecular formula is C15H15ClN2O2. The topological polar surface area (TPSA) is 55.2 Å². The van der Waals surface area contributed by atoms with Crippen LogP contribution in [0.25, 0.3) is 0 Å². The summed E-state index contributed by atoms with van der Waals surface area (Å²) in [6.07, 6.45) is 0.798. The van der Waals surface area contributed by atoms with Gasteiger partial charge in [0.15, 0.2) is 0 Å². The molecule has 5 heteroatoms. The van der Waals surface area contributed by atoms with E-state index in [9.17, 15) is 10.1 Å². The van der Waals surface area contributed by atoms with E-state index in [0.717, 1.165) is 12.0 Å². The summed E-state index contributed by atoms with van der Waals surface area (Å²) in [7, 11) is 0. The van der Waals surface area contributed by atoms with Crippen molar-refractivity contribution in [3.8, 4) is 0 Å². The Morgan fingerprint density at radius 2 is 1.90 bits per heavy atom. The maximum Gasteiger partial charge on any atom is 0.293 e. The first-order chi connectivity index (χ1) is 9.63. The molecule has 0 saturated heterocycles. The molecule has 0 bridgehead atoms. The van der Waals surface area contributed by atoms with E-state index in [2.05, 4.69) is 5.32 Å². The van der Waals surface area contributed by atoms with Gasteiger partial charge in [0.05, 0.1) is 16.0 Å². The van der Waals surface area contributed by atoms with Crippen LogP contribution < -0.4 is 5.32 Å². The molecule has 1 unspecified atom stereocenters. The second kappa shape index (κ2) is 6.39. The quantitative estimate of drug-likeness (QED) is 0.635. The van der Waals surface area contributed by atoms with Crippen LogP contribution in [0, 0.1) is 10.1 Å². The number of nitro groups is 1. The average molecular weight is 291 g/mol. The van der Waals surface area contributed by atoms with Crippen molar-refractivity contribution in [2.75, 3.05) is 5.32 Å². The molecule has 0 spiro atoms. The Hall–Kier alpha value is -2.07. The third-order valence-corrected chi connectivity index (χ3v) is 3.43. The Labute approximate surface area is 122 Å². The Morgan fingerprint density at radius 3 is 2.50 bits per heavy atom. The van der Waals surface area contributed by atoms with E-state index in [0.29, 0.717) is 10.7 Å². The highest BCUT2D eigenvalue weighted by Crippen LogP contribution is 2.35. The maximum absolute atomic E-state index is 11.1. The number of hydrogen-bond donors (Lipinski definition) is 1. The lowest BCUT2D eigenvalue weighted by atomic mass is 10.0. The number of nitro benzene ring substituents is 1. The number of anilines is 1. The van der Waals surface area contributed by atoms with E-state index >= 15 is 0 Å². The van der Waals surface area contributed by atoms with E-state index < -0.39 is 4.92 Å². The lowest BCUT2D eigenvalue weighted by Gasteiger charge is -2.19. The van der Waals surface area contributed by atoms with Crippen molar-refractivity contribution in [3.63, 3.8) is 0 Å². The molecular weight excluding hydrogens is 276 g/mol. The molecule has 0 aliphatic rings. The zero-order valence-electron chi connectivity index (χ0n) is 11.0. The molecule has 0 radical (unpaired) electrons. The first-order valence-electron chi connectivity index (χ1n) is 6.38. The smallest absolute Gasteiger partial charge is 0.293 e. The Balaban J connectivity index is 2.35. The van der Waals surface area contributed by atoms with Crippen LogP contribution in [0.5, 0.6) is 0 Å². The molecule has 1 N–H and O–H groups in total. The molecule has 0 saturated carbocycles. The molecule has 104 valence electrons. The molecule has 2 aromatic rings. The van der Waals surface area contributed by atoms with Gasteiger partial charge in [0, 0.05) is 6.07 Å². The molecule has 0 heterocycles. The van der Waals surface area contributed by atoms with Gasteiger partial charge in [-0.2, -0.15) is 0 Å². The Morgan fingerprint density at radius 1 is 1.20 bits per heavy atom. The van der Waals surface area contributed by atoms with Crippen LogP contribution in [-0.2, 0) is 0 Å². The average Bonchev–Trinajstić information content (AvgIpc) is 2.46. The van der Waals surface area contributed by atoms with Crippen LogP contribution in [0.4, 0.5) is 11.4 Å². The largest absolute Gasteiger partial charge is 0.371 e. The van der Waals surface area contributed by atoms with Gasteiger partial charge >= 0.3 is 0 Å². The number of halogens is 1. The van der Waals surface area contributed by atoms with Gasteiger partial charge in [0.2, 0.25) is 0 Å². The molecule has 0 amide bonds. The summed E-state index contributed by atoms with van der Waals surface area (Å²) in [5, 5.41) is 14.6. The molecule has 0 fully saturated rings. The summed E-state index contributed by atoms with van der Waals surface area (Å²) in [5.41, 5.74) is 1.44. The number of nitrogens with one attached hydrogen (secondary N) is 1. The minimum Gasteiger partial charge on any atom is -0.371 e. The van der Waals surface area contributed by atoms with Crippen molar-refractivity contribution in [2.45, 2.75) is 19.4 Å². The van der Waals surface area contributed by atoms with Gasteiger partial charge in [-0.05, 0) is 18.1 Å². The molecule has 0 aliphatic heterocycles. The Kier molecular flexibility index (Phi) is 4.58. The zero-order valence-corrected chi connectivity index (χ0v) is 11.8. The molecule has 20 heavy (non-hydrogen) atoms. The lowest BCUT2D eigenvalue weighted by molar-refractivity contribution is -0.384. The second-order valence-electron chi connectivity index (χ2n) is 4.41. The van der Waals surface area contributed by atoms with Gasteiger partial charge in [-0.15, -0.1) is 0 Å². The van der Waals surface area contributed by atoms with Crippen LogP contribution in [0.1, 0.15) is 24.9 Å². The first kappa shape index (κ1) is 14.3. The monoisotopic (exact) mass is 290 g/mol. The van der Waals surface area contributed by atoms with E-state index in [4.69, 9.17) is 11.6 Å². The fourth-order valence-corrected chi connectivity index (χ4v) is 2.31. The SMILES string of the molecule is CCC(Nc1c(Cl)cccc1[N+](=O)[O-])c1ccccc1. The summed E-state index contributed by atoms with van der Waals surface area (Å²) in [4.78, 5) is 10.7. The van der Waals surface area contributed by atoms with Crippen molar-refractivity contribution < 1.29 is 4.92 Å². The van der Waals surface area contributed by atoms with Gasteiger partial charge in [-0.1, -0.05) is 54.9 Å². The van der Waals surface area contributed by atoms with Crippen molar-refractivity contribution in [3.05, 3.63) is 69.2 Å². The van der Waals surface area contributed by atoms with Gasteiger partial charge in [-0.3, -0.25) is 10.1 Å². The summed E-state index contributed by atoms with van der Waals surface area (Å²) < 4.78 is 0. The number of hydrogen-bond acceptors (Lipinski definition) is 3. The van der Waals surface area contributed by atoms with E-state index in [1.54, 1.807) is 12.1 Å². The molecule has 2 aromatic carbocycles. The summed E-state index contributed by atoms with van der Waals surface area (Å²) >= 11 is 6.10. The minimum atomic E-state index is -0.425. The fourth-order valence-electron chi connectivity index (χ4n) is 2.09. The fraction of sp³-hybridized carbons (Fsp3) is 0.200. The highest BCUT2D eigenvalue weighted by Gasteiger charge is 2.19. The Bertz CT molecular complexity index is 602. The van der Waals surface area contributed by atoms with Crippen LogP contribution >= 0.6 is 11.6 Å². The summed E-state index contributed by atoms with van der Waals surface area (Å²) in [6, 6.07) is 14.5. The highest BCUT2D eigenvalue weighted by atomic mass is 35.5. The second-order valence-corrected chi connectivity index (χ2v) is 4.81. The van der Waals surface area contributed by atoms with Gasteiger partial charge in [0.1, 0.15) is 5.69 Å². The summed E-state index contributed by atoms with van der Waals surface area (Å²) in [5.74, 6) is 0. The van der Waals surface area contributed by atoms with E-state index in [1.165, 1.54) is 6.07 Å². The predicted octanol–water partition coefficient (Wildman–Crippen LogP) is 4.81. The van der Waals surface area contributed by atoms with Gasteiger partial charge < -0.3 is 5.32 Å². The van der Waals surface area contributed by atoms with Crippen molar-refractivity contribution in [1.82, 2.24) is 0 Å². The number of rotatable bonds is 5. The van der Waals surface area contributed by atoms with Gasteiger partial charge in [-0.25, -0.2) is 0 Å². The predicted molar refractivity (Wildman–Crippen MR) is 81.2 cm³/mol. The van der Waals surface area contributed by atoms with Crippen LogP contribution in [0.3, 0.4) is 0 Å².